The Morgan fingerprint density at radius 3 is 2.42 bits per heavy atom. The van der Waals surface area contributed by atoms with Crippen LogP contribution in [-0.2, 0) is 19.4 Å². The van der Waals surface area contributed by atoms with Crippen molar-refractivity contribution in [3.8, 4) is 5.75 Å². The van der Waals surface area contributed by atoms with E-state index in [1.165, 1.54) is 33.1 Å². The average Bonchev–Trinajstić information content (AvgIpc) is 3.19. The average molecular weight is 458 g/mol. The van der Waals surface area contributed by atoms with Crippen molar-refractivity contribution in [2.24, 2.45) is 0 Å². The first-order valence-corrected chi connectivity index (χ1v) is 12.1. The predicted molar refractivity (Wildman–Crippen MR) is 120 cm³/mol. The minimum Gasteiger partial charge on any atom is -0.496 e. The summed E-state index contributed by atoms with van der Waals surface area (Å²) in [5.74, 6) is -0.383. The second-order valence-corrected chi connectivity index (χ2v) is 9.30. The zero-order valence-electron chi connectivity index (χ0n) is 19.1. The molecule has 1 atom stereocenters. The quantitative estimate of drug-likeness (QED) is 0.447. The number of hydrogen-bond donors (Lipinski definition) is 2. The highest BCUT2D eigenvalue weighted by molar-refractivity contribution is 7.91. The number of esters is 1. The van der Waals surface area contributed by atoms with Gasteiger partial charge in [0.25, 0.3) is 5.91 Å². The number of ether oxygens (including phenoxy) is 2. The van der Waals surface area contributed by atoms with Crippen LogP contribution in [0, 0.1) is 0 Å². The number of rotatable bonds is 8. The van der Waals surface area contributed by atoms with Gasteiger partial charge >= 0.3 is 5.97 Å². The van der Waals surface area contributed by atoms with E-state index < -0.39 is 9.84 Å². The molecule has 1 aliphatic heterocycles. The lowest BCUT2D eigenvalue weighted by Gasteiger charge is -2.23. The summed E-state index contributed by atoms with van der Waals surface area (Å²) in [6.07, 6.45) is 2.17. The Kier molecular flexibility index (Phi) is 10.8. The summed E-state index contributed by atoms with van der Waals surface area (Å²) in [6.45, 7) is 9.81. The largest absolute Gasteiger partial charge is 0.496 e. The maximum Gasteiger partial charge on any atom is 0.302 e. The third-order valence-electron chi connectivity index (χ3n) is 5.04. The molecule has 1 aliphatic rings. The Morgan fingerprint density at radius 1 is 1.26 bits per heavy atom. The molecule has 10 heteroatoms. The Labute approximate surface area is 185 Å². The van der Waals surface area contributed by atoms with Crippen LogP contribution in [0.2, 0.25) is 0 Å². The summed E-state index contributed by atoms with van der Waals surface area (Å²) < 4.78 is 34.0. The zero-order valence-corrected chi connectivity index (χ0v) is 19.9. The number of likely N-dealkylation sites (tertiary alicyclic amines) is 1. The molecule has 0 aromatic heterocycles. The highest BCUT2D eigenvalue weighted by Crippen LogP contribution is 2.29. The summed E-state index contributed by atoms with van der Waals surface area (Å²) in [4.78, 5) is 24.7. The van der Waals surface area contributed by atoms with Gasteiger partial charge in [-0.3, -0.25) is 14.5 Å². The highest BCUT2D eigenvalue weighted by Gasteiger charge is 2.25. The first-order chi connectivity index (χ1) is 14.6. The summed E-state index contributed by atoms with van der Waals surface area (Å²) >= 11 is 0. The van der Waals surface area contributed by atoms with Crippen molar-refractivity contribution >= 4 is 27.4 Å². The normalized spacial score (nSPS) is 16.2. The van der Waals surface area contributed by atoms with Gasteiger partial charge in [0.15, 0.2) is 9.84 Å². The lowest BCUT2D eigenvalue weighted by molar-refractivity contribution is -0.140. The number of benzene rings is 1. The molecule has 1 heterocycles. The van der Waals surface area contributed by atoms with Crippen LogP contribution < -0.4 is 15.8 Å². The molecule has 0 spiro atoms. The molecule has 1 aromatic carbocycles. The smallest absolute Gasteiger partial charge is 0.302 e. The zero-order chi connectivity index (χ0) is 23.6. The van der Waals surface area contributed by atoms with Crippen molar-refractivity contribution in [2.45, 2.75) is 51.5 Å². The fourth-order valence-corrected chi connectivity index (χ4v) is 4.42. The Bertz CT molecular complexity index is 857. The van der Waals surface area contributed by atoms with Crippen LogP contribution >= 0.6 is 0 Å². The lowest BCUT2D eigenvalue weighted by Crippen LogP contribution is -2.40. The van der Waals surface area contributed by atoms with E-state index in [4.69, 9.17) is 10.5 Å². The Hall–Kier alpha value is -2.33. The Balaban J connectivity index is 0.000000703. The van der Waals surface area contributed by atoms with Crippen LogP contribution in [0.3, 0.4) is 0 Å². The molecule has 176 valence electrons. The molecule has 2 rings (SSSR count). The van der Waals surface area contributed by atoms with E-state index in [0.717, 1.165) is 25.9 Å². The molecule has 1 unspecified atom stereocenters. The second kappa shape index (κ2) is 12.5. The van der Waals surface area contributed by atoms with Crippen LogP contribution in [0.4, 0.5) is 5.69 Å². The number of amides is 1. The number of anilines is 1. The molecule has 1 fully saturated rings. The third kappa shape index (κ3) is 7.70. The van der Waals surface area contributed by atoms with Crippen LogP contribution in [0.1, 0.15) is 50.9 Å². The minimum atomic E-state index is -3.52. The fourth-order valence-electron chi connectivity index (χ4n) is 3.40. The second-order valence-electron chi connectivity index (χ2n) is 7.05. The molecule has 3 N–H and O–H groups in total. The van der Waals surface area contributed by atoms with Crippen molar-refractivity contribution in [1.82, 2.24) is 10.2 Å². The summed E-state index contributed by atoms with van der Waals surface area (Å²) in [5, 5.41) is 2.90. The molecule has 9 nitrogen and oxygen atoms in total. The first kappa shape index (κ1) is 26.7. The van der Waals surface area contributed by atoms with Gasteiger partial charge in [0.05, 0.1) is 35.6 Å². The molecular formula is C21H35N3O6S. The number of sulfone groups is 1. The summed E-state index contributed by atoms with van der Waals surface area (Å²) in [7, 11) is -2.10. The van der Waals surface area contributed by atoms with Crippen LogP contribution in [-0.4, -0.2) is 70.3 Å². The van der Waals surface area contributed by atoms with E-state index in [9.17, 15) is 18.0 Å². The van der Waals surface area contributed by atoms with E-state index in [-0.39, 0.29) is 39.5 Å². The van der Waals surface area contributed by atoms with Gasteiger partial charge in [0.2, 0.25) is 0 Å². The van der Waals surface area contributed by atoms with Crippen molar-refractivity contribution in [3.63, 3.8) is 0 Å². The number of nitrogen functional groups attached to an aromatic ring is 1. The first-order valence-electron chi connectivity index (χ1n) is 10.5. The van der Waals surface area contributed by atoms with Gasteiger partial charge in [0, 0.05) is 25.6 Å². The molecule has 1 aromatic rings. The molecule has 1 saturated heterocycles. The maximum atomic E-state index is 12.6. The fraction of sp³-hybridized carbons (Fsp3) is 0.619. The van der Waals surface area contributed by atoms with Gasteiger partial charge in [-0.05, 0) is 38.9 Å². The van der Waals surface area contributed by atoms with E-state index >= 15 is 0 Å². The van der Waals surface area contributed by atoms with Crippen LogP contribution in [0.25, 0.3) is 0 Å². The summed E-state index contributed by atoms with van der Waals surface area (Å²) in [5.41, 5.74) is 6.11. The topological polar surface area (TPSA) is 128 Å². The van der Waals surface area contributed by atoms with Gasteiger partial charge < -0.3 is 20.5 Å². The van der Waals surface area contributed by atoms with Crippen LogP contribution in [0.5, 0.6) is 5.75 Å². The molecule has 0 radical (unpaired) electrons. The van der Waals surface area contributed by atoms with E-state index in [1.54, 1.807) is 6.92 Å². The molecule has 31 heavy (non-hydrogen) atoms. The van der Waals surface area contributed by atoms with Gasteiger partial charge in [-0.25, -0.2) is 8.42 Å². The predicted octanol–water partition coefficient (Wildman–Crippen LogP) is 1.85. The van der Waals surface area contributed by atoms with Crippen LogP contribution in [0.15, 0.2) is 17.0 Å². The molecule has 0 aliphatic carbocycles. The van der Waals surface area contributed by atoms with Crippen molar-refractivity contribution in [3.05, 3.63) is 17.7 Å². The lowest BCUT2D eigenvalue weighted by atomic mass is 10.1. The molecule has 1 amide bonds. The van der Waals surface area contributed by atoms with Crippen molar-refractivity contribution in [2.75, 3.05) is 44.8 Å². The van der Waals surface area contributed by atoms with Gasteiger partial charge in [-0.15, -0.1) is 0 Å². The van der Waals surface area contributed by atoms with Gasteiger partial charge in [-0.1, -0.05) is 13.8 Å². The van der Waals surface area contributed by atoms with Crippen molar-refractivity contribution < 1.29 is 27.5 Å². The van der Waals surface area contributed by atoms with Crippen molar-refractivity contribution in [1.29, 1.82) is 0 Å². The van der Waals surface area contributed by atoms with Gasteiger partial charge in [0.1, 0.15) is 5.75 Å². The number of likely N-dealkylation sites (N-methyl/N-ethyl adjacent to an activating group) is 1. The SMILES string of the molecule is CCN1CCCC1CNC(=O)c1cc(S(=O)(=O)CC)c(N)cc1OC.CCOC(C)=O. The number of carbonyl (C=O) groups is 2. The molecule has 0 bridgehead atoms. The number of nitrogens with one attached hydrogen (secondary N) is 1. The number of nitrogens with zero attached hydrogens (tertiary/aromatic N) is 1. The summed E-state index contributed by atoms with van der Waals surface area (Å²) in [6, 6.07) is 3.02. The van der Waals surface area contributed by atoms with Gasteiger partial charge in [-0.2, -0.15) is 0 Å². The number of methoxy groups -OCH3 is 1. The number of nitrogens with two attached hydrogens (primary N) is 1. The number of hydrogen-bond acceptors (Lipinski definition) is 8. The van der Waals surface area contributed by atoms with E-state index in [2.05, 4.69) is 21.9 Å². The molecular weight excluding hydrogens is 422 g/mol. The maximum absolute atomic E-state index is 12.6. The van der Waals surface area contributed by atoms with E-state index in [1.807, 2.05) is 0 Å². The minimum absolute atomic E-state index is 0.0306. The number of carbonyl (C=O) groups excluding carboxylic acids is 2. The Morgan fingerprint density at radius 2 is 1.94 bits per heavy atom. The standard InChI is InChI=1S/C17H27N3O4S.C4H8O2/c1-4-20-8-6-7-12(20)11-19-17(21)13-9-16(25(22,23)5-2)14(18)10-15(13)24-3;1-3-6-4(2)5/h9-10,12H,4-8,11,18H2,1-3H3,(H,19,21);3H2,1-2H3. The molecule has 0 saturated carbocycles. The monoisotopic (exact) mass is 457 g/mol. The highest BCUT2D eigenvalue weighted by atomic mass is 32.2. The van der Waals surface area contributed by atoms with E-state index in [0.29, 0.717) is 19.2 Å². The third-order valence-corrected chi connectivity index (χ3v) is 6.83.